The Morgan fingerprint density at radius 1 is 1.06 bits per heavy atom. The van der Waals surface area contributed by atoms with Crippen molar-refractivity contribution in [2.24, 2.45) is 12.0 Å². The number of Topliss-reactive ketones (excluding diaryl/α,β-unsaturated/α-hetero) is 1. The average Bonchev–Trinajstić information content (AvgIpc) is 3.35. The van der Waals surface area contributed by atoms with Crippen LogP contribution >= 0.6 is 0 Å². The van der Waals surface area contributed by atoms with Crippen LogP contribution in [0.3, 0.4) is 0 Å². The Morgan fingerprint density at radius 3 is 2.82 bits per heavy atom. The molecule has 2 aromatic heterocycles. The van der Waals surface area contributed by atoms with E-state index in [4.69, 9.17) is 0 Å². The summed E-state index contributed by atoms with van der Waals surface area (Å²) in [5.41, 5.74) is 6.78. The molecule has 1 aromatic carbocycles. The van der Waals surface area contributed by atoms with Gasteiger partial charge >= 0.3 is 5.69 Å². The fourth-order valence-corrected chi connectivity index (χ4v) is 4.83. The molecule has 1 aliphatic heterocycles. The molecule has 3 aliphatic rings. The lowest BCUT2D eigenvalue weighted by molar-refractivity contribution is 0.0994. The van der Waals surface area contributed by atoms with Gasteiger partial charge in [0.1, 0.15) is 5.69 Å². The van der Waals surface area contributed by atoms with Crippen LogP contribution in [-0.2, 0) is 13.5 Å². The Morgan fingerprint density at radius 2 is 1.97 bits per heavy atom. The number of fused-ring (bicyclic) bond motifs is 4. The van der Waals surface area contributed by atoms with Gasteiger partial charge in [0, 0.05) is 42.4 Å². The summed E-state index contributed by atoms with van der Waals surface area (Å²) in [6, 6.07) is 11.4. The predicted octanol–water partition coefficient (Wildman–Crippen LogP) is 3.48. The molecule has 0 N–H and O–H groups in total. The fourth-order valence-electron chi connectivity index (χ4n) is 4.83. The summed E-state index contributed by atoms with van der Waals surface area (Å²) in [4.78, 5) is 34.3. The lowest BCUT2D eigenvalue weighted by Gasteiger charge is -2.25. The third-order valence-electron chi connectivity index (χ3n) is 6.53. The van der Waals surface area contributed by atoms with Crippen molar-refractivity contribution < 1.29 is 4.79 Å². The monoisotopic (exact) mass is 432 g/mol. The zero-order valence-electron chi connectivity index (χ0n) is 18.1. The highest BCUT2D eigenvalue weighted by molar-refractivity contribution is 6.00. The number of hydrogen-bond acceptors (Lipinski definition) is 4. The summed E-state index contributed by atoms with van der Waals surface area (Å²) in [6.07, 6.45) is 9.39. The van der Waals surface area contributed by atoms with Crippen molar-refractivity contribution in [3.8, 4) is 17.5 Å². The lowest BCUT2D eigenvalue weighted by Crippen LogP contribution is -2.23. The fraction of sp³-hybridized carbons (Fsp3) is 0.185. The van der Waals surface area contributed by atoms with Crippen LogP contribution in [0.5, 0.6) is 0 Å². The van der Waals surface area contributed by atoms with Gasteiger partial charge in [-0.1, -0.05) is 12.0 Å². The molecule has 1 unspecified atom stereocenters. The zero-order chi connectivity index (χ0) is 22.5. The molecule has 3 aromatic rings. The predicted molar refractivity (Wildman–Crippen MR) is 126 cm³/mol. The minimum absolute atomic E-state index is 0.0770. The molecule has 6 rings (SSSR count). The van der Waals surface area contributed by atoms with Crippen LogP contribution in [0.4, 0.5) is 0 Å². The first-order valence-corrected chi connectivity index (χ1v) is 11.0. The van der Waals surface area contributed by atoms with Gasteiger partial charge in [-0.15, -0.1) is 0 Å². The van der Waals surface area contributed by atoms with Gasteiger partial charge in [-0.2, -0.15) is 0 Å². The smallest absolute Gasteiger partial charge is 0.294 e. The van der Waals surface area contributed by atoms with Crippen LogP contribution in [0.25, 0.3) is 5.69 Å². The third-order valence-corrected chi connectivity index (χ3v) is 6.53. The molecule has 33 heavy (non-hydrogen) atoms. The summed E-state index contributed by atoms with van der Waals surface area (Å²) < 4.78 is 3.42. The Kier molecular flexibility index (Phi) is 4.37. The number of carbonyl (C=O) groups excluding carboxylic acids is 1. The van der Waals surface area contributed by atoms with E-state index in [-0.39, 0.29) is 17.4 Å². The van der Waals surface area contributed by atoms with Crippen LogP contribution in [0.15, 0.2) is 75.8 Å². The molecule has 160 valence electrons. The molecule has 3 heterocycles. The van der Waals surface area contributed by atoms with E-state index in [9.17, 15) is 9.59 Å². The number of rotatable bonds is 1. The molecular formula is C27H20N4O2. The Balaban J connectivity index is 1.44. The second kappa shape index (κ2) is 7.42. The number of aromatic nitrogens is 3. The normalized spacial score (nSPS) is 18.0. The van der Waals surface area contributed by atoms with Crippen LogP contribution < -0.4 is 5.69 Å². The number of nitrogens with zero attached hydrogens (tertiary/aromatic N) is 4. The number of carbonyl (C=O) groups is 1. The zero-order valence-corrected chi connectivity index (χ0v) is 18.1. The van der Waals surface area contributed by atoms with Crippen molar-refractivity contribution in [1.29, 1.82) is 0 Å². The van der Waals surface area contributed by atoms with Gasteiger partial charge in [-0.3, -0.25) is 18.9 Å². The van der Waals surface area contributed by atoms with Crippen molar-refractivity contribution in [3.05, 3.63) is 105 Å². The number of aryl methyl sites for hydroxylation is 1. The second-order valence-electron chi connectivity index (χ2n) is 8.48. The Hall–Kier alpha value is -4.24. The maximum atomic E-state index is 13.3. The average molecular weight is 432 g/mol. The van der Waals surface area contributed by atoms with Crippen molar-refractivity contribution in [3.63, 3.8) is 0 Å². The third kappa shape index (κ3) is 3.13. The van der Waals surface area contributed by atoms with Gasteiger partial charge in [-0.05, 0) is 66.8 Å². The first-order chi connectivity index (χ1) is 16.1. The van der Waals surface area contributed by atoms with E-state index in [2.05, 4.69) is 21.8 Å². The number of allylic oxidation sites excluding steroid dienone is 4. The molecule has 0 radical (unpaired) electrons. The van der Waals surface area contributed by atoms with Gasteiger partial charge in [0.2, 0.25) is 0 Å². The van der Waals surface area contributed by atoms with E-state index >= 15 is 0 Å². The number of benzene rings is 1. The van der Waals surface area contributed by atoms with Crippen LogP contribution in [0, 0.1) is 11.8 Å². The first-order valence-electron chi connectivity index (χ1n) is 11.0. The summed E-state index contributed by atoms with van der Waals surface area (Å²) in [6.45, 7) is 0. The highest BCUT2D eigenvalue weighted by Crippen LogP contribution is 2.39. The molecule has 2 aliphatic carbocycles. The molecular weight excluding hydrogens is 412 g/mol. The molecule has 0 fully saturated rings. The minimum atomic E-state index is -0.118. The van der Waals surface area contributed by atoms with Crippen molar-refractivity contribution in [2.75, 3.05) is 0 Å². The molecule has 0 amide bonds. The summed E-state index contributed by atoms with van der Waals surface area (Å²) in [7, 11) is 1.77. The van der Waals surface area contributed by atoms with Crippen molar-refractivity contribution in [2.45, 2.75) is 25.2 Å². The highest BCUT2D eigenvalue weighted by atomic mass is 16.1. The van der Waals surface area contributed by atoms with E-state index in [0.717, 1.165) is 51.6 Å². The van der Waals surface area contributed by atoms with Gasteiger partial charge in [0.25, 0.3) is 0 Å². The van der Waals surface area contributed by atoms with E-state index in [1.165, 1.54) is 0 Å². The summed E-state index contributed by atoms with van der Waals surface area (Å²) >= 11 is 0. The van der Waals surface area contributed by atoms with Crippen LogP contribution in [0.1, 0.15) is 51.8 Å². The van der Waals surface area contributed by atoms with Gasteiger partial charge < -0.3 is 0 Å². The van der Waals surface area contributed by atoms with E-state index in [1.54, 1.807) is 28.6 Å². The number of imidazole rings is 1. The van der Waals surface area contributed by atoms with Crippen molar-refractivity contribution in [1.82, 2.24) is 14.1 Å². The second-order valence-corrected chi connectivity index (χ2v) is 8.48. The molecule has 0 spiro atoms. The minimum Gasteiger partial charge on any atom is -0.294 e. The summed E-state index contributed by atoms with van der Waals surface area (Å²) in [5.74, 6) is 6.46. The van der Waals surface area contributed by atoms with E-state index in [1.807, 2.05) is 48.6 Å². The Labute approximate surface area is 190 Å². The molecule has 6 nitrogen and oxygen atoms in total. The number of ketones is 1. The molecule has 0 saturated heterocycles. The topological polar surface area (TPSA) is 69.2 Å². The highest BCUT2D eigenvalue weighted by Gasteiger charge is 2.33. The largest absolute Gasteiger partial charge is 0.333 e. The Bertz CT molecular complexity index is 1540. The van der Waals surface area contributed by atoms with Crippen LogP contribution in [0.2, 0.25) is 0 Å². The van der Waals surface area contributed by atoms with E-state index in [0.29, 0.717) is 12.8 Å². The number of hydrogen-bond donors (Lipinski definition) is 0. The molecule has 0 saturated carbocycles. The van der Waals surface area contributed by atoms with Gasteiger partial charge in [0.15, 0.2) is 5.78 Å². The first kappa shape index (κ1) is 19.4. The van der Waals surface area contributed by atoms with E-state index < -0.39 is 0 Å². The molecule has 6 heteroatoms. The number of pyridine rings is 1. The van der Waals surface area contributed by atoms with Gasteiger partial charge in [-0.25, -0.2) is 9.78 Å². The summed E-state index contributed by atoms with van der Waals surface area (Å²) in [5, 5.41) is 0. The maximum Gasteiger partial charge on any atom is 0.333 e. The number of aliphatic imine (C=N–C) groups is 1. The maximum absolute atomic E-state index is 13.3. The molecule has 1 atom stereocenters. The van der Waals surface area contributed by atoms with Crippen LogP contribution in [-0.4, -0.2) is 26.1 Å². The quantitative estimate of drug-likeness (QED) is 0.553. The SMILES string of the molecule is Cn1c2c(n(-c3ccc4c(c3)CCC4=O)c1=O)C1CC(C#Cc3ccccn3)=CC=C1N=C2. The standard InChI is InChI=1S/C27H20N4O2/c1-30-24-16-29-23-11-6-17(5-8-19-4-2-3-13-28-19)14-22(23)26(24)31(27(30)33)20-9-10-21-18(15-20)7-12-25(21)32/h2-4,6,9-11,13,15-16,22H,7,12,14H2,1H3. The van der Waals surface area contributed by atoms with Crippen molar-refractivity contribution >= 4 is 12.0 Å². The molecule has 0 bridgehead atoms. The van der Waals surface area contributed by atoms with Gasteiger partial charge in [0.05, 0.1) is 23.3 Å². The lowest BCUT2D eigenvalue weighted by atomic mass is 9.86.